The van der Waals surface area contributed by atoms with Crippen LogP contribution in [-0.2, 0) is 6.61 Å². The molecule has 0 bridgehead atoms. The molecule has 0 amide bonds. The number of alkyl halides is 3. The maximum Gasteiger partial charge on any atom is 0.389 e. The molecule has 160 valence electrons. The maximum absolute atomic E-state index is 12.5. The average Bonchev–Trinajstić information content (AvgIpc) is 3.10. The van der Waals surface area contributed by atoms with Crippen molar-refractivity contribution in [1.29, 1.82) is 0 Å². The standard InChI is InChI=1S/C20H19ClF3N3O2S/c1-13-3-4-14(11-17(13)21)27-18(12-29-16-7-5-15(28-2)6-8-16)25-26-19(27)30-10-9-20(22,23)24/h3-8,11H,9-10,12H2,1-2H3. The SMILES string of the molecule is COc1ccc(OCc2nnc(SCCC(F)(F)F)n2-c2ccc(C)c(Cl)c2)cc1. The van der Waals surface area contributed by atoms with Gasteiger partial charge in [-0.3, -0.25) is 4.57 Å². The van der Waals surface area contributed by atoms with Crippen molar-refractivity contribution in [3.05, 3.63) is 58.9 Å². The number of halogens is 4. The number of rotatable bonds is 8. The number of nitrogens with zero attached hydrogens (tertiary/aromatic N) is 3. The van der Waals surface area contributed by atoms with Crippen LogP contribution in [0.5, 0.6) is 11.5 Å². The number of thioether (sulfide) groups is 1. The Balaban J connectivity index is 1.84. The summed E-state index contributed by atoms with van der Waals surface area (Å²) in [4.78, 5) is 0. The molecular formula is C20H19ClF3N3O2S. The second-order valence-corrected chi connectivity index (χ2v) is 7.81. The van der Waals surface area contributed by atoms with Crippen LogP contribution in [0.2, 0.25) is 5.02 Å². The summed E-state index contributed by atoms with van der Waals surface area (Å²) < 4.78 is 50.2. The third-order valence-electron chi connectivity index (χ3n) is 4.16. The second kappa shape index (κ2) is 9.61. The van der Waals surface area contributed by atoms with Crippen molar-refractivity contribution < 1.29 is 22.6 Å². The minimum Gasteiger partial charge on any atom is -0.497 e. The van der Waals surface area contributed by atoms with Gasteiger partial charge in [0, 0.05) is 10.8 Å². The zero-order valence-corrected chi connectivity index (χ0v) is 17.8. The Hall–Kier alpha value is -2.39. The van der Waals surface area contributed by atoms with Gasteiger partial charge in [-0.05, 0) is 48.9 Å². The number of ether oxygens (including phenoxy) is 2. The van der Waals surface area contributed by atoms with Crippen LogP contribution in [0.25, 0.3) is 5.69 Å². The van der Waals surface area contributed by atoms with Crippen molar-refractivity contribution >= 4 is 23.4 Å². The fourth-order valence-corrected chi connectivity index (χ4v) is 3.67. The van der Waals surface area contributed by atoms with Gasteiger partial charge in [0.25, 0.3) is 0 Å². The van der Waals surface area contributed by atoms with Crippen molar-refractivity contribution in [2.45, 2.75) is 31.3 Å². The number of benzene rings is 2. The van der Waals surface area contributed by atoms with Crippen molar-refractivity contribution in [2.75, 3.05) is 12.9 Å². The number of hydrogen-bond acceptors (Lipinski definition) is 5. The molecule has 0 aliphatic rings. The fourth-order valence-electron chi connectivity index (χ4n) is 2.55. The molecule has 3 rings (SSSR count). The lowest BCUT2D eigenvalue weighted by Gasteiger charge is -2.13. The molecular weight excluding hydrogens is 439 g/mol. The molecule has 5 nitrogen and oxygen atoms in total. The van der Waals surface area contributed by atoms with Crippen LogP contribution in [0.3, 0.4) is 0 Å². The van der Waals surface area contributed by atoms with Gasteiger partial charge in [-0.25, -0.2) is 0 Å². The van der Waals surface area contributed by atoms with Gasteiger partial charge in [-0.15, -0.1) is 10.2 Å². The van der Waals surface area contributed by atoms with E-state index in [-0.39, 0.29) is 12.4 Å². The molecule has 10 heteroatoms. The van der Waals surface area contributed by atoms with E-state index in [1.54, 1.807) is 42.0 Å². The zero-order valence-electron chi connectivity index (χ0n) is 16.2. The lowest BCUT2D eigenvalue weighted by atomic mass is 10.2. The Morgan fingerprint density at radius 2 is 1.77 bits per heavy atom. The highest BCUT2D eigenvalue weighted by atomic mass is 35.5. The molecule has 0 radical (unpaired) electrons. The Morgan fingerprint density at radius 3 is 2.40 bits per heavy atom. The normalized spacial score (nSPS) is 11.5. The maximum atomic E-state index is 12.5. The summed E-state index contributed by atoms with van der Waals surface area (Å²) in [5.74, 6) is 1.57. The van der Waals surface area contributed by atoms with Crippen LogP contribution in [-0.4, -0.2) is 33.8 Å². The summed E-state index contributed by atoms with van der Waals surface area (Å²) in [5.41, 5.74) is 1.54. The monoisotopic (exact) mass is 457 g/mol. The molecule has 1 heterocycles. The molecule has 0 aliphatic carbocycles. The van der Waals surface area contributed by atoms with Crippen LogP contribution in [0.1, 0.15) is 17.8 Å². The first-order chi connectivity index (χ1) is 14.3. The van der Waals surface area contributed by atoms with Gasteiger partial charge >= 0.3 is 6.18 Å². The average molecular weight is 458 g/mol. The number of aryl methyl sites for hydroxylation is 1. The van der Waals surface area contributed by atoms with E-state index in [0.717, 1.165) is 17.3 Å². The van der Waals surface area contributed by atoms with E-state index in [9.17, 15) is 13.2 Å². The molecule has 0 aliphatic heterocycles. The van der Waals surface area contributed by atoms with Gasteiger partial charge < -0.3 is 9.47 Å². The lowest BCUT2D eigenvalue weighted by Crippen LogP contribution is -2.09. The van der Waals surface area contributed by atoms with Crippen LogP contribution >= 0.6 is 23.4 Å². The minimum atomic E-state index is -4.23. The molecule has 0 N–H and O–H groups in total. The van der Waals surface area contributed by atoms with Gasteiger partial charge in [-0.2, -0.15) is 13.2 Å². The second-order valence-electron chi connectivity index (χ2n) is 6.35. The topological polar surface area (TPSA) is 49.2 Å². The van der Waals surface area contributed by atoms with Gasteiger partial charge in [0.2, 0.25) is 0 Å². The summed E-state index contributed by atoms with van der Waals surface area (Å²) in [7, 11) is 1.57. The molecule has 0 saturated heterocycles. The molecule has 0 unspecified atom stereocenters. The summed E-state index contributed by atoms with van der Waals surface area (Å²) in [6, 6.07) is 12.4. The van der Waals surface area contributed by atoms with Gasteiger partial charge in [0.05, 0.1) is 19.2 Å². The predicted molar refractivity (Wildman–Crippen MR) is 110 cm³/mol. The Morgan fingerprint density at radius 1 is 1.07 bits per heavy atom. The number of hydrogen-bond donors (Lipinski definition) is 0. The highest BCUT2D eigenvalue weighted by Gasteiger charge is 2.27. The van der Waals surface area contributed by atoms with Crippen LogP contribution < -0.4 is 9.47 Å². The first kappa shape index (κ1) is 22.3. The third kappa shape index (κ3) is 5.82. The summed E-state index contributed by atoms with van der Waals surface area (Å²) in [6.45, 7) is 1.94. The molecule has 1 aromatic heterocycles. The Kier molecular flexibility index (Phi) is 7.14. The predicted octanol–water partition coefficient (Wildman–Crippen LogP) is 5.86. The van der Waals surface area contributed by atoms with Crippen molar-refractivity contribution in [2.24, 2.45) is 0 Å². The van der Waals surface area contributed by atoms with E-state index in [4.69, 9.17) is 21.1 Å². The Labute approximate surface area is 181 Å². The van der Waals surface area contributed by atoms with Gasteiger partial charge in [-0.1, -0.05) is 29.4 Å². The van der Waals surface area contributed by atoms with E-state index in [1.165, 1.54) is 0 Å². The molecule has 0 atom stereocenters. The molecule has 2 aromatic carbocycles. The van der Waals surface area contributed by atoms with E-state index in [2.05, 4.69) is 10.2 Å². The highest BCUT2D eigenvalue weighted by molar-refractivity contribution is 7.99. The smallest absolute Gasteiger partial charge is 0.389 e. The quantitative estimate of drug-likeness (QED) is 0.396. The van der Waals surface area contributed by atoms with Gasteiger partial charge in [0.1, 0.15) is 18.1 Å². The molecule has 0 saturated carbocycles. The number of aromatic nitrogens is 3. The molecule has 0 fully saturated rings. The summed E-state index contributed by atoms with van der Waals surface area (Å²) in [6.07, 6.45) is -5.15. The van der Waals surface area contributed by atoms with Crippen LogP contribution in [0.15, 0.2) is 47.6 Å². The minimum absolute atomic E-state index is 0.0741. The van der Waals surface area contributed by atoms with Crippen molar-refractivity contribution in [3.63, 3.8) is 0 Å². The largest absolute Gasteiger partial charge is 0.497 e. The van der Waals surface area contributed by atoms with E-state index >= 15 is 0 Å². The Bertz CT molecular complexity index is 994. The van der Waals surface area contributed by atoms with Crippen molar-refractivity contribution in [1.82, 2.24) is 14.8 Å². The molecule has 0 spiro atoms. The van der Waals surface area contributed by atoms with E-state index < -0.39 is 12.6 Å². The zero-order chi connectivity index (χ0) is 21.7. The van der Waals surface area contributed by atoms with E-state index in [1.807, 2.05) is 19.1 Å². The summed E-state index contributed by atoms with van der Waals surface area (Å²) in [5, 5.41) is 9.07. The van der Waals surface area contributed by atoms with Gasteiger partial charge in [0.15, 0.2) is 11.0 Å². The highest BCUT2D eigenvalue weighted by Crippen LogP contribution is 2.29. The molecule has 3 aromatic rings. The molecule has 30 heavy (non-hydrogen) atoms. The summed E-state index contributed by atoms with van der Waals surface area (Å²) >= 11 is 7.23. The van der Waals surface area contributed by atoms with Crippen LogP contribution in [0.4, 0.5) is 13.2 Å². The van der Waals surface area contributed by atoms with Crippen molar-refractivity contribution in [3.8, 4) is 17.2 Å². The number of methoxy groups -OCH3 is 1. The first-order valence-electron chi connectivity index (χ1n) is 8.94. The fraction of sp³-hybridized carbons (Fsp3) is 0.300. The first-order valence-corrected chi connectivity index (χ1v) is 10.3. The van der Waals surface area contributed by atoms with E-state index in [0.29, 0.717) is 33.2 Å². The third-order valence-corrected chi connectivity index (χ3v) is 5.50. The van der Waals surface area contributed by atoms with Crippen LogP contribution in [0, 0.1) is 6.92 Å². The lowest BCUT2D eigenvalue weighted by molar-refractivity contribution is -0.129.